The Hall–Kier alpha value is -1.84. The molecule has 0 aliphatic carbocycles. The first-order valence-electron chi connectivity index (χ1n) is 7.04. The maximum absolute atomic E-state index is 11.9. The average Bonchev–Trinajstić information content (AvgIpc) is 2.37. The molecule has 0 bridgehead atoms. The summed E-state index contributed by atoms with van der Waals surface area (Å²) in [6.07, 6.45) is 2.02. The van der Waals surface area contributed by atoms with Crippen molar-refractivity contribution in [1.82, 2.24) is 10.6 Å². The third-order valence-electron chi connectivity index (χ3n) is 2.71. The Labute approximate surface area is 121 Å². The molecule has 0 unspecified atom stereocenters. The lowest BCUT2D eigenvalue weighted by molar-refractivity contribution is 0.0915. The first-order chi connectivity index (χ1) is 9.33. The summed E-state index contributed by atoms with van der Waals surface area (Å²) in [4.78, 5) is 23.8. The van der Waals surface area contributed by atoms with Crippen molar-refractivity contribution >= 4 is 11.8 Å². The summed E-state index contributed by atoms with van der Waals surface area (Å²) in [6.45, 7) is 8.55. The van der Waals surface area contributed by atoms with Crippen LogP contribution < -0.4 is 10.6 Å². The molecule has 0 spiro atoms. The predicted molar refractivity (Wildman–Crippen MR) is 80.9 cm³/mol. The van der Waals surface area contributed by atoms with Crippen molar-refractivity contribution in [2.45, 2.75) is 46.1 Å². The molecule has 2 N–H and O–H groups in total. The summed E-state index contributed by atoms with van der Waals surface area (Å²) >= 11 is 0. The maximum atomic E-state index is 11.9. The second-order valence-electron chi connectivity index (χ2n) is 5.89. The van der Waals surface area contributed by atoms with E-state index in [0.717, 1.165) is 12.8 Å². The molecule has 1 aromatic rings. The Morgan fingerprint density at radius 1 is 1.00 bits per heavy atom. The van der Waals surface area contributed by atoms with Crippen LogP contribution in [0.15, 0.2) is 24.3 Å². The van der Waals surface area contributed by atoms with E-state index in [4.69, 9.17) is 0 Å². The molecule has 4 heteroatoms. The van der Waals surface area contributed by atoms with Gasteiger partial charge in [-0.2, -0.15) is 0 Å². The number of nitrogens with one attached hydrogen (secondary N) is 2. The number of carbonyl (C=O) groups is 2. The number of unbranched alkanes of at least 4 members (excludes halogenated alkanes) is 1. The molecular formula is C16H24N2O2. The number of hydrogen-bond donors (Lipinski definition) is 2. The molecule has 2 amide bonds. The van der Waals surface area contributed by atoms with Crippen LogP contribution in [-0.4, -0.2) is 23.9 Å². The lowest BCUT2D eigenvalue weighted by Crippen LogP contribution is -2.40. The van der Waals surface area contributed by atoms with Crippen molar-refractivity contribution in [1.29, 1.82) is 0 Å². The highest BCUT2D eigenvalue weighted by Gasteiger charge is 2.15. The number of amides is 2. The van der Waals surface area contributed by atoms with Gasteiger partial charge in [0, 0.05) is 23.2 Å². The van der Waals surface area contributed by atoms with Gasteiger partial charge in [-0.25, -0.2) is 0 Å². The quantitative estimate of drug-likeness (QED) is 0.812. The zero-order chi connectivity index (χ0) is 15.2. The van der Waals surface area contributed by atoms with Crippen LogP contribution in [0.1, 0.15) is 61.3 Å². The van der Waals surface area contributed by atoms with Crippen molar-refractivity contribution in [2.24, 2.45) is 0 Å². The average molecular weight is 276 g/mol. The van der Waals surface area contributed by atoms with Crippen molar-refractivity contribution in [3.8, 4) is 0 Å². The van der Waals surface area contributed by atoms with Crippen molar-refractivity contribution in [3.63, 3.8) is 0 Å². The Morgan fingerprint density at radius 2 is 1.50 bits per heavy atom. The summed E-state index contributed by atoms with van der Waals surface area (Å²) in [5, 5.41) is 5.73. The number of rotatable bonds is 5. The Morgan fingerprint density at radius 3 is 1.95 bits per heavy atom. The number of carbonyl (C=O) groups excluding carboxylic acids is 2. The lowest BCUT2D eigenvalue weighted by atomic mass is 10.1. The van der Waals surface area contributed by atoms with E-state index in [9.17, 15) is 9.59 Å². The third kappa shape index (κ3) is 5.43. The molecule has 0 radical (unpaired) electrons. The highest BCUT2D eigenvalue weighted by atomic mass is 16.2. The van der Waals surface area contributed by atoms with E-state index in [0.29, 0.717) is 17.7 Å². The zero-order valence-corrected chi connectivity index (χ0v) is 12.7. The highest BCUT2D eigenvalue weighted by Crippen LogP contribution is 2.07. The van der Waals surface area contributed by atoms with E-state index < -0.39 is 0 Å². The van der Waals surface area contributed by atoms with Gasteiger partial charge in [-0.05, 0) is 51.5 Å². The first kappa shape index (κ1) is 16.2. The van der Waals surface area contributed by atoms with Gasteiger partial charge in [0.25, 0.3) is 11.8 Å². The molecule has 0 saturated carbocycles. The van der Waals surface area contributed by atoms with E-state index in [1.165, 1.54) is 0 Å². The smallest absolute Gasteiger partial charge is 0.251 e. The molecule has 0 heterocycles. The van der Waals surface area contributed by atoms with Gasteiger partial charge in [-0.3, -0.25) is 9.59 Å². The highest BCUT2D eigenvalue weighted by molar-refractivity contribution is 5.98. The minimum atomic E-state index is -0.271. The fourth-order valence-electron chi connectivity index (χ4n) is 1.67. The van der Waals surface area contributed by atoms with Crippen molar-refractivity contribution in [3.05, 3.63) is 35.4 Å². The van der Waals surface area contributed by atoms with Crippen molar-refractivity contribution in [2.75, 3.05) is 6.54 Å². The summed E-state index contributed by atoms with van der Waals surface area (Å²) < 4.78 is 0. The normalized spacial score (nSPS) is 11.0. The van der Waals surface area contributed by atoms with Crippen LogP contribution >= 0.6 is 0 Å². The van der Waals surface area contributed by atoms with Gasteiger partial charge in [-0.15, -0.1) is 0 Å². The van der Waals surface area contributed by atoms with Crippen molar-refractivity contribution < 1.29 is 9.59 Å². The molecule has 0 aliphatic heterocycles. The molecule has 1 rings (SSSR count). The molecule has 0 aromatic heterocycles. The molecule has 0 aliphatic rings. The van der Waals surface area contributed by atoms with E-state index in [-0.39, 0.29) is 17.4 Å². The van der Waals surface area contributed by atoms with E-state index in [1.807, 2.05) is 20.8 Å². The Kier molecular flexibility index (Phi) is 5.74. The van der Waals surface area contributed by atoms with Crippen LogP contribution in [0.4, 0.5) is 0 Å². The summed E-state index contributed by atoms with van der Waals surface area (Å²) in [6, 6.07) is 6.71. The van der Waals surface area contributed by atoms with Crippen LogP contribution in [0.5, 0.6) is 0 Å². The number of benzene rings is 1. The third-order valence-corrected chi connectivity index (χ3v) is 2.71. The fraction of sp³-hybridized carbons (Fsp3) is 0.500. The van der Waals surface area contributed by atoms with Gasteiger partial charge in [0.15, 0.2) is 0 Å². The van der Waals surface area contributed by atoms with Gasteiger partial charge >= 0.3 is 0 Å². The second-order valence-corrected chi connectivity index (χ2v) is 5.89. The SMILES string of the molecule is CCCCNC(=O)c1ccc(C(=O)NC(C)(C)C)cc1. The lowest BCUT2D eigenvalue weighted by Gasteiger charge is -2.20. The molecule has 0 fully saturated rings. The minimum absolute atomic E-state index is 0.0961. The molecule has 110 valence electrons. The maximum Gasteiger partial charge on any atom is 0.251 e. The number of hydrogen-bond acceptors (Lipinski definition) is 2. The van der Waals surface area contributed by atoms with Crippen LogP contribution in [0.3, 0.4) is 0 Å². The Bertz CT molecular complexity index is 458. The van der Waals surface area contributed by atoms with Gasteiger partial charge < -0.3 is 10.6 Å². The predicted octanol–water partition coefficient (Wildman–Crippen LogP) is 2.74. The van der Waals surface area contributed by atoms with Crippen LogP contribution in [-0.2, 0) is 0 Å². The molecule has 1 aromatic carbocycles. The molecule has 0 atom stereocenters. The summed E-state index contributed by atoms with van der Waals surface area (Å²) in [5.41, 5.74) is 0.867. The summed E-state index contributed by atoms with van der Waals surface area (Å²) in [7, 11) is 0. The molecule has 0 saturated heterocycles. The van der Waals surface area contributed by atoms with Crippen LogP contribution in [0.2, 0.25) is 0 Å². The standard InChI is InChI=1S/C16H24N2O2/c1-5-6-11-17-14(19)12-7-9-13(10-8-12)15(20)18-16(2,3)4/h7-10H,5-6,11H2,1-4H3,(H,17,19)(H,18,20). The van der Waals surface area contributed by atoms with E-state index in [2.05, 4.69) is 17.6 Å². The van der Waals surface area contributed by atoms with E-state index in [1.54, 1.807) is 24.3 Å². The fourth-order valence-corrected chi connectivity index (χ4v) is 1.67. The minimum Gasteiger partial charge on any atom is -0.352 e. The first-order valence-corrected chi connectivity index (χ1v) is 7.04. The van der Waals surface area contributed by atoms with Crippen LogP contribution in [0.25, 0.3) is 0 Å². The monoisotopic (exact) mass is 276 g/mol. The zero-order valence-electron chi connectivity index (χ0n) is 12.7. The molecule has 4 nitrogen and oxygen atoms in total. The van der Waals surface area contributed by atoms with Gasteiger partial charge in [0.05, 0.1) is 0 Å². The van der Waals surface area contributed by atoms with Crippen LogP contribution in [0, 0.1) is 0 Å². The topological polar surface area (TPSA) is 58.2 Å². The van der Waals surface area contributed by atoms with Gasteiger partial charge in [0.1, 0.15) is 0 Å². The molecular weight excluding hydrogens is 252 g/mol. The van der Waals surface area contributed by atoms with E-state index >= 15 is 0 Å². The largest absolute Gasteiger partial charge is 0.352 e. The second kappa shape index (κ2) is 7.08. The molecule has 20 heavy (non-hydrogen) atoms. The summed E-state index contributed by atoms with van der Waals surface area (Å²) in [5.74, 6) is -0.225. The Balaban J connectivity index is 2.64. The van der Waals surface area contributed by atoms with Gasteiger partial charge in [0.2, 0.25) is 0 Å². The van der Waals surface area contributed by atoms with Gasteiger partial charge in [-0.1, -0.05) is 13.3 Å².